The van der Waals surface area contributed by atoms with Crippen molar-refractivity contribution >= 4 is 49.2 Å². The zero-order chi connectivity index (χ0) is 21.8. The van der Waals surface area contributed by atoms with Crippen molar-refractivity contribution in [2.45, 2.75) is 44.9 Å². The molecule has 0 N–H and O–H groups in total. The lowest BCUT2D eigenvalue weighted by atomic mass is 9.89. The molecule has 2 fully saturated rings. The number of benzene rings is 1. The summed E-state index contributed by atoms with van der Waals surface area (Å²) in [5.74, 6) is 3.56. The fourth-order valence-corrected chi connectivity index (χ4v) is 6.80. The van der Waals surface area contributed by atoms with Crippen LogP contribution in [0.15, 0.2) is 28.7 Å². The minimum absolute atomic E-state index is 0.111. The fourth-order valence-electron chi connectivity index (χ4n) is 5.02. The molecule has 0 bridgehead atoms. The quantitative estimate of drug-likeness (QED) is 0.472. The molecule has 1 amide bonds. The molecule has 0 spiro atoms. The second-order valence-corrected chi connectivity index (χ2v) is 11.5. The Hall–Kier alpha value is -1.99. The molecular weight excluding hydrogens is 484 g/mol. The van der Waals surface area contributed by atoms with Crippen LogP contribution in [0.5, 0.6) is 0 Å². The van der Waals surface area contributed by atoms with Crippen LogP contribution < -0.4 is 4.90 Å². The van der Waals surface area contributed by atoms with E-state index in [1.807, 2.05) is 40.5 Å². The van der Waals surface area contributed by atoms with Gasteiger partial charge in [0.25, 0.3) is 5.91 Å². The van der Waals surface area contributed by atoms with E-state index in [0.717, 1.165) is 60.2 Å². The molecule has 6 rings (SSSR count). The molecule has 1 aromatic carbocycles. The van der Waals surface area contributed by atoms with E-state index in [4.69, 9.17) is 9.97 Å². The van der Waals surface area contributed by atoms with Crippen LogP contribution in [-0.2, 0) is 12.8 Å². The Labute approximate surface area is 201 Å². The standard InChI is InChI=1S/C25H27BrN4OS/c1-15-5-8-19-20(13-15)32-24-21(19)23(27-22(28-24)16-6-7-16)29-9-11-30(12-10-29)25(31)17-3-2-4-18(26)14-17/h2-4,14-16H,5-13H2,1H3/t15-/m1/s1. The smallest absolute Gasteiger partial charge is 0.254 e. The van der Waals surface area contributed by atoms with Gasteiger partial charge in [0.1, 0.15) is 16.5 Å². The van der Waals surface area contributed by atoms with Crippen molar-refractivity contribution in [3.8, 4) is 0 Å². The Bertz CT molecular complexity index is 1200. The maximum absolute atomic E-state index is 13.0. The number of piperazine rings is 1. The van der Waals surface area contributed by atoms with Crippen molar-refractivity contribution in [3.05, 3.63) is 50.6 Å². The fraction of sp³-hybridized carbons (Fsp3) is 0.480. The summed E-state index contributed by atoms with van der Waals surface area (Å²) in [4.78, 5) is 30.3. The SMILES string of the molecule is C[C@@H]1CCc2c(sc3nc(C4CC4)nc(N4CCN(C(=O)c5cccc(Br)c5)CC4)c23)C1. The van der Waals surface area contributed by atoms with Gasteiger partial charge in [0.2, 0.25) is 0 Å². The van der Waals surface area contributed by atoms with Gasteiger partial charge in [-0.05, 0) is 61.8 Å². The highest BCUT2D eigenvalue weighted by atomic mass is 79.9. The summed E-state index contributed by atoms with van der Waals surface area (Å²) in [5.41, 5.74) is 2.24. The van der Waals surface area contributed by atoms with Crippen LogP contribution in [0.4, 0.5) is 5.82 Å². The Kier molecular flexibility index (Phi) is 5.22. The maximum atomic E-state index is 13.0. The molecule has 0 radical (unpaired) electrons. The zero-order valence-corrected chi connectivity index (χ0v) is 20.7. The van der Waals surface area contributed by atoms with Gasteiger partial charge in [0, 0.05) is 47.0 Å². The van der Waals surface area contributed by atoms with Gasteiger partial charge in [-0.3, -0.25) is 4.79 Å². The summed E-state index contributed by atoms with van der Waals surface area (Å²) in [6, 6.07) is 7.68. The third kappa shape index (κ3) is 3.73. The number of nitrogens with zero attached hydrogens (tertiary/aromatic N) is 4. The van der Waals surface area contributed by atoms with E-state index in [1.54, 1.807) is 0 Å². The first-order valence-electron chi connectivity index (χ1n) is 11.7. The predicted molar refractivity (Wildman–Crippen MR) is 133 cm³/mol. The molecule has 2 aromatic heterocycles. The van der Waals surface area contributed by atoms with E-state index in [-0.39, 0.29) is 5.91 Å². The third-order valence-corrected chi connectivity index (χ3v) is 8.68. The maximum Gasteiger partial charge on any atom is 0.254 e. The highest BCUT2D eigenvalue weighted by Gasteiger charge is 2.32. The summed E-state index contributed by atoms with van der Waals surface area (Å²) in [5, 5.41) is 1.30. The Balaban J connectivity index is 1.30. The number of hydrogen-bond acceptors (Lipinski definition) is 5. The summed E-state index contributed by atoms with van der Waals surface area (Å²) < 4.78 is 0.939. The van der Waals surface area contributed by atoms with Crippen LogP contribution in [0.3, 0.4) is 0 Å². The molecule has 3 aromatic rings. The van der Waals surface area contributed by atoms with Gasteiger partial charge in [-0.15, -0.1) is 11.3 Å². The lowest BCUT2D eigenvalue weighted by molar-refractivity contribution is 0.0746. The lowest BCUT2D eigenvalue weighted by Gasteiger charge is -2.36. The van der Waals surface area contributed by atoms with E-state index >= 15 is 0 Å². The number of aromatic nitrogens is 2. The van der Waals surface area contributed by atoms with Crippen LogP contribution in [0.2, 0.25) is 0 Å². The summed E-state index contributed by atoms with van der Waals surface area (Å²) in [7, 11) is 0. The molecule has 0 unspecified atom stereocenters. The van der Waals surface area contributed by atoms with E-state index in [2.05, 4.69) is 27.8 Å². The highest BCUT2D eigenvalue weighted by Crippen LogP contribution is 2.44. The van der Waals surface area contributed by atoms with E-state index in [0.29, 0.717) is 5.92 Å². The lowest BCUT2D eigenvalue weighted by Crippen LogP contribution is -2.49. The number of aryl methyl sites for hydroxylation is 1. The van der Waals surface area contributed by atoms with E-state index in [1.165, 1.54) is 46.3 Å². The number of fused-ring (bicyclic) bond motifs is 3. The van der Waals surface area contributed by atoms with Crippen molar-refractivity contribution in [3.63, 3.8) is 0 Å². The van der Waals surface area contributed by atoms with E-state index in [9.17, 15) is 4.79 Å². The van der Waals surface area contributed by atoms with Crippen LogP contribution in [0.25, 0.3) is 10.2 Å². The predicted octanol–water partition coefficient (Wildman–Crippen LogP) is 5.42. The Morgan fingerprint density at radius 3 is 2.69 bits per heavy atom. The molecule has 7 heteroatoms. The van der Waals surface area contributed by atoms with Crippen molar-refractivity contribution in [1.82, 2.24) is 14.9 Å². The molecular formula is C25H27BrN4OS. The summed E-state index contributed by atoms with van der Waals surface area (Å²) in [6.45, 7) is 5.43. The molecule has 1 saturated heterocycles. The van der Waals surface area contributed by atoms with Crippen molar-refractivity contribution in [2.24, 2.45) is 5.92 Å². The summed E-state index contributed by atoms with van der Waals surface area (Å²) in [6.07, 6.45) is 5.97. The molecule has 3 heterocycles. The normalized spacial score (nSPS) is 21.1. The molecule has 3 aliphatic rings. The van der Waals surface area contributed by atoms with Crippen LogP contribution in [-0.4, -0.2) is 47.0 Å². The first-order chi connectivity index (χ1) is 15.6. The van der Waals surface area contributed by atoms with Gasteiger partial charge >= 0.3 is 0 Å². The molecule has 32 heavy (non-hydrogen) atoms. The van der Waals surface area contributed by atoms with Gasteiger partial charge in [-0.2, -0.15) is 0 Å². The average molecular weight is 511 g/mol. The number of thiophene rings is 1. The van der Waals surface area contributed by atoms with Gasteiger partial charge in [0.05, 0.1) is 5.39 Å². The van der Waals surface area contributed by atoms with Gasteiger partial charge in [-0.25, -0.2) is 9.97 Å². The van der Waals surface area contributed by atoms with Gasteiger partial charge in [0.15, 0.2) is 0 Å². The number of hydrogen-bond donors (Lipinski definition) is 0. The highest BCUT2D eigenvalue weighted by molar-refractivity contribution is 9.10. The second kappa shape index (κ2) is 8.10. The summed E-state index contributed by atoms with van der Waals surface area (Å²) >= 11 is 5.38. The van der Waals surface area contributed by atoms with Crippen LogP contribution in [0, 0.1) is 5.92 Å². The monoisotopic (exact) mass is 510 g/mol. The Morgan fingerprint density at radius 1 is 1.12 bits per heavy atom. The van der Waals surface area contributed by atoms with Gasteiger partial charge in [-0.1, -0.05) is 28.9 Å². The number of halogens is 1. The van der Waals surface area contributed by atoms with E-state index < -0.39 is 0 Å². The molecule has 1 aliphatic heterocycles. The van der Waals surface area contributed by atoms with Crippen molar-refractivity contribution < 1.29 is 4.79 Å². The minimum Gasteiger partial charge on any atom is -0.352 e. The molecule has 2 aliphatic carbocycles. The average Bonchev–Trinajstić information content (AvgIpc) is 3.59. The number of amides is 1. The number of rotatable bonds is 3. The molecule has 1 saturated carbocycles. The second-order valence-electron chi connectivity index (χ2n) is 9.50. The van der Waals surface area contributed by atoms with Crippen LogP contribution >= 0.6 is 27.3 Å². The topological polar surface area (TPSA) is 49.3 Å². The Morgan fingerprint density at radius 2 is 1.94 bits per heavy atom. The molecule has 166 valence electrons. The van der Waals surface area contributed by atoms with Crippen molar-refractivity contribution in [1.29, 1.82) is 0 Å². The number of anilines is 1. The first-order valence-corrected chi connectivity index (χ1v) is 13.3. The van der Waals surface area contributed by atoms with Crippen molar-refractivity contribution in [2.75, 3.05) is 31.1 Å². The van der Waals surface area contributed by atoms with Gasteiger partial charge < -0.3 is 9.80 Å². The first kappa shape index (κ1) is 20.6. The largest absolute Gasteiger partial charge is 0.352 e. The molecule has 5 nitrogen and oxygen atoms in total. The minimum atomic E-state index is 0.111. The number of carbonyl (C=O) groups is 1. The number of carbonyl (C=O) groups excluding carboxylic acids is 1. The van der Waals surface area contributed by atoms with Crippen LogP contribution in [0.1, 0.15) is 58.7 Å². The third-order valence-electron chi connectivity index (χ3n) is 7.03. The molecule has 1 atom stereocenters. The zero-order valence-electron chi connectivity index (χ0n) is 18.3.